The predicted octanol–water partition coefficient (Wildman–Crippen LogP) is 4.24. The van der Waals surface area contributed by atoms with Gasteiger partial charge in [-0.05, 0) is 38.0 Å². The first-order chi connectivity index (χ1) is 15.3. The SMILES string of the molecule is C=C1C=C(C(=O)OCC)Oc2cc3c(c(OCCc4ccccc4)c21)C[C@@H](C(C)(C)O)O3. The zero-order valence-corrected chi connectivity index (χ0v) is 18.6. The summed E-state index contributed by atoms with van der Waals surface area (Å²) < 4.78 is 23.3. The summed E-state index contributed by atoms with van der Waals surface area (Å²) in [6, 6.07) is 11.8. The summed E-state index contributed by atoms with van der Waals surface area (Å²) in [6.07, 6.45) is 2.37. The van der Waals surface area contributed by atoms with Gasteiger partial charge in [0.25, 0.3) is 0 Å². The Morgan fingerprint density at radius 2 is 2.00 bits per heavy atom. The molecule has 4 rings (SSSR count). The number of rotatable bonds is 7. The highest BCUT2D eigenvalue weighted by Crippen LogP contribution is 2.49. The van der Waals surface area contributed by atoms with E-state index < -0.39 is 17.7 Å². The summed E-state index contributed by atoms with van der Waals surface area (Å²) >= 11 is 0. The summed E-state index contributed by atoms with van der Waals surface area (Å²) in [4.78, 5) is 12.2. The first-order valence-corrected chi connectivity index (χ1v) is 10.8. The molecule has 0 spiro atoms. The van der Waals surface area contributed by atoms with Gasteiger partial charge in [-0.25, -0.2) is 4.79 Å². The van der Waals surface area contributed by atoms with E-state index >= 15 is 0 Å². The lowest BCUT2D eigenvalue weighted by Crippen LogP contribution is -2.39. The Kier molecular flexibility index (Phi) is 5.98. The van der Waals surface area contributed by atoms with Crippen molar-refractivity contribution in [3.63, 3.8) is 0 Å². The molecule has 2 aliphatic heterocycles. The number of benzene rings is 2. The van der Waals surface area contributed by atoms with Crippen molar-refractivity contribution in [2.75, 3.05) is 13.2 Å². The number of esters is 1. The zero-order valence-electron chi connectivity index (χ0n) is 18.6. The molecule has 1 atom stereocenters. The molecule has 0 saturated heterocycles. The Morgan fingerprint density at radius 1 is 1.25 bits per heavy atom. The minimum Gasteiger partial charge on any atom is -0.492 e. The molecule has 6 nitrogen and oxygen atoms in total. The number of ether oxygens (including phenoxy) is 4. The van der Waals surface area contributed by atoms with E-state index in [0.717, 1.165) is 12.0 Å². The average Bonchev–Trinajstić information content (AvgIpc) is 3.18. The molecule has 0 aromatic heterocycles. The van der Waals surface area contributed by atoms with E-state index in [1.54, 1.807) is 32.9 Å². The first-order valence-electron chi connectivity index (χ1n) is 10.8. The maximum absolute atomic E-state index is 12.2. The molecule has 0 amide bonds. The molecule has 0 unspecified atom stereocenters. The molecular weight excluding hydrogens is 408 g/mol. The van der Waals surface area contributed by atoms with Crippen molar-refractivity contribution < 1.29 is 28.8 Å². The van der Waals surface area contributed by atoms with Gasteiger partial charge in [-0.1, -0.05) is 36.9 Å². The molecule has 1 N–H and O–H groups in total. The summed E-state index contributed by atoms with van der Waals surface area (Å²) in [6.45, 7) is 9.99. The van der Waals surface area contributed by atoms with Gasteiger partial charge in [0.05, 0.1) is 24.4 Å². The summed E-state index contributed by atoms with van der Waals surface area (Å²) in [5.41, 5.74) is 2.27. The third-order valence-electron chi connectivity index (χ3n) is 5.56. The number of fused-ring (bicyclic) bond motifs is 2. The highest BCUT2D eigenvalue weighted by molar-refractivity contribution is 5.95. The minimum absolute atomic E-state index is 0.0663. The van der Waals surface area contributed by atoms with Crippen LogP contribution in [0.5, 0.6) is 17.2 Å². The molecule has 0 fully saturated rings. The lowest BCUT2D eigenvalue weighted by atomic mass is 9.93. The lowest BCUT2D eigenvalue weighted by Gasteiger charge is -2.24. The van der Waals surface area contributed by atoms with Gasteiger partial charge in [0.2, 0.25) is 5.76 Å². The quantitative estimate of drug-likeness (QED) is 0.655. The summed E-state index contributed by atoms with van der Waals surface area (Å²) in [5, 5.41) is 10.5. The number of aliphatic hydroxyl groups is 1. The van der Waals surface area contributed by atoms with Crippen molar-refractivity contribution in [3.8, 4) is 17.2 Å². The van der Waals surface area contributed by atoms with Crippen LogP contribution in [0.2, 0.25) is 0 Å². The van der Waals surface area contributed by atoms with E-state index in [1.807, 2.05) is 18.2 Å². The van der Waals surface area contributed by atoms with Gasteiger partial charge in [0.15, 0.2) is 0 Å². The van der Waals surface area contributed by atoms with Crippen LogP contribution < -0.4 is 14.2 Å². The van der Waals surface area contributed by atoms with E-state index in [0.29, 0.717) is 41.4 Å². The van der Waals surface area contributed by atoms with Crippen LogP contribution in [0.4, 0.5) is 0 Å². The van der Waals surface area contributed by atoms with Crippen LogP contribution >= 0.6 is 0 Å². The van der Waals surface area contributed by atoms with Crippen molar-refractivity contribution >= 4 is 11.5 Å². The standard InChI is InChI=1S/C26H28O6/c1-5-29-25(27)21-13-16(2)23-20(31-21)15-19-18(14-22(32-19)26(3,4)28)24(23)30-12-11-17-9-7-6-8-10-17/h6-10,13,15,22,28H,2,5,11-12,14H2,1,3-4H3/t22-/m0/s1. The monoisotopic (exact) mass is 436 g/mol. The van der Waals surface area contributed by atoms with E-state index in [2.05, 4.69) is 18.7 Å². The number of hydrogen-bond donors (Lipinski definition) is 1. The Labute approximate surface area is 188 Å². The number of carbonyl (C=O) groups is 1. The fourth-order valence-corrected chi connectivity index (χ4v) is 3.87. The Balaban J connectivity index is 1.68. The largest absolute Gasteiger partial charge is 0.492 e. The molecule has 0 saturated carbocycles. The highest BCUT2D eigenvalue weighted by atomic mass is 16.6. The molecule has 168 valence electrons. The normalized spacial score (nSPS) is 16.9. The van der Waals surface area contributed by atoms with Gasteiger partial charge in [-0.3, -0.25) is 0 Å². The number of allylic oxidation sites excluding steroid dienone is 2. The molecule has 6 heteroatoms. The van der Waals surface area contributed by atoms with Crippen molar-refractivity contribution in [3.05, 3.63) is 71.5 Å². The molecule has 32 heavy (non-hydrogen) atoms. The number of hydrogen-bond acceptors (Lipinski definition) is 6. The fourth-order valence-electron chi connectivity index (χ4n) is 3.87. The van der Waals surface area contributed by atoms with Crippen LogP contribution in [0.15, 0.2) is 54.8 Å². The summed E-state index contributed by atoms with van der Waals surface area (Å²) in [5.74, 6) is 1.12. The van der Waals surface area contributed by atoms with E-state index in [1.165, 1.54) is 5.56 Å². The van der Waals surface area contributed by atoms with Crippen molar-refractivity contribution in [1.29, 1.82) is 0 Å². The van der Waals surface area contributed by atoms with Crippen molar-refractivity contribution in [2.45, 2.75) is 45.3 Å². The van der Waals surface area contributed by atoms with Crippen LogP contribution in [0.3, 0.4) is 0 Å². The second-order valence-corrected chi connectivity index (χ2v) is 8.46. The third-order valence-corrected chi connectivity index (χ3v) is 5.56. The zero-order chi connectivity index (χ0) is 22.9. The minimum atomic E-state index is -1.03. The van der Waals surface area contributed by atoms with E-state index in [9.17, 15) is 9.90 Å². The van der Waals surface area contributed by atoms with Gasteiger partial charge in [0, 0.05) is 24.5 Å². The van der Waals surface area contributed by atoms with E-state index in [4.69, 9.17) is 18.9 Å². The fraction of sp³-hybridized carbons (Fsp3) is 0.346. The first kappa shape index (κ1) is 22.0. The maximum Gasteiger partial charge on any atom is 0.374 e. The van der Waals surface area contributed by atoms with Crippen LogP contribution in [-0.2, 0) is 22.4 Å². The Bertz CT molecular complexity index is 1060. The smallest absolute Gasteiger partial charge is 0.374 e. The van der Waals surface area contributed by atoms with Gasteiger partial charge in [0.1, 0.15) is 23.4 Å². The molecule has 2 aliphatic rings. The molecule has 0 aliphatic carbocycles. The second kappa shape index (κ2) is 8.71. The van der Waals surface area contributed by atoms with Gasteiger partial charge in [-0.15, -0.1) is 0 Å². The second-order valence-electron chi connectivity index (χ2n) is 8.46. The maximum atomic E-state index is 12.2. The third kappa shape index (κ3) is 4.36. The molecule has 0 bridgehead atoms. The topological polar surface area (TPSA) is 74.2 Å². The molecule has 2 aromatic rings. The van der Waals surface area contributed by atoms with Crippen molar-refractivity contribution in [2.24, 2.45) is 0 Å². The van der Waals surface area contributed by atoms with Crippen LogP contribution in [0.25, 0.3) is 5.57 Å². The Morgan fingerprint density at radius 3 is 2.69 bits per heavy atom. The Hall–Kier alpha value is -3.25. The average molecular weight is 437 g/mol. The molecule has 2 aromatic carbocycles. The molecule has 0 radical (unpaired) electrons. The van der Waals surface area contributed by atoms with Gasteiger partial charge >= 0.3 is 5.97 Å². The van der Waals surface area contributed by atoms with Crippen molar-refractivity contribution in [1.82, 2.24) is 0 Å². The summed E-state index contributed by atoms with van der Waals surface area (Å²) in [7, 11) is 0. The molecule has 2 heterocycles. The van der Waals surface area contributed by atoms with Gasteiger partial charge in [-0.2, -0.15) is 0 Å². The van der Waals surface area contributed by atoms with Crippen LogP contribution in [0.1, 0.15) is 37.5 Å². The van der Waals surface area contributed by atoms with Gasteiger partial charge < -0.3 is 24.1 Å². The van der Waals surface area contributed by atoms with Crippen LogP contribution in [-0.4, -0.2) is 36.0 Å². The number of carbonyl (C=O) groups excluding carboxylic acids is 1. The van der Waals surface area contributed by atoms with E-state index in [-0.39, 0.29) is 12.4 Å². The molecular formula is C26H28O6. The highest BCUT2D eigenvalue weighted by Gasteiger charge is 2.39. The lowest BCUT2D eigenvalue weighted by molar-refractivity contribution is -0.141. The predicted molar refractivity (Wildman–Crippen MR) is 121 cm³/mol. The van der Waals surface area contributed by atoms with Crippen LogP contribution in [0, 0.1) is 0 Å².